The number of ether oxygens (including phenoxy) is 3. The minimum absolute atomic E-state index is 0.0236. The number of hydrogen-bond donors (Lipinski definition) is 2. The zero-order chi connectivity index (χ0) is 22.1. The first-order valence-electron chi connectivity index (χ1n) is 12.4. The number of urea groups is 1. The van der Waals surface area contributed by atoms with Crippen molar-refractivity contribution in [2.75, 3.05) is 33.5 Å². The molecule has 2 N–H and O–H groups in total. The standard InChI is InChI=1S/C24H42N2O5/c1-3-21(22(27)29-2)31-11-7-10-30-9-6-4-5-8-25-23(28)26-24-15-18-12-19(16-24)14-20(13-18)17-24/h18-21H,3-17H2,1-2H3,(H2,25,26,28). The lowest BCUT2D eigenvalue weighted by Gasteiger charge is -2.56. The maximum Gasteiger partial charge on any atom is 0.334 e. The van der Waals surface area contributed by atoms with Crippen molar-refractivity contribution in [2.24, 2.45) is 17.8 Å². The van der Waals surface area contributed by atoms with Crippen LogP contribution in [0.1, 0.15) is 77.6 Å². The van der Waals surface area contributed by atoms with Gasteiger partial charge in [-0.1, -0.05) is 6.92 Å². The molecule has 0 aromatic rings. The molecule has 178 valence electrons. The van der Waals surface area contributed by atoms with Crippen molar-refractivity contribution in [3.63, 3.8) is 0 Å². The lowest BCUT2D eigenvalue weighted by Crippen LogP contribution is -2.61. The van der Waals surface area contributed by atoms with Crippen molar-refractivity contribution in [3.8, 4) is 0 Å². The van der Waals surface area contributed by atoms with E-state index in [1.165, 1.54) is 45.6 Å². The Balaban J connectivity index is 1.14. The molecule has 4 bridgehead atoms. The fraction of sp³-hybridized carbons (Fsp3) is 0.917. The van der Waals surface area contributed by atoms with Gasteiger partial charge in [0.25, 0.3) is 0 Å². The average molecular weight is 439 g/mol. The van der Waals surface area contributed by atoms with Crippen molar-refractivity contribution in [2.45, 2.75) is 89.2 Å². The predicted octanol–water partition coefficient (Wildman–Crippen LogP) is 3.80. The van der Waals surface area contributed by atoms with Crippen molar-refractivity contribution in [1.82, 2.24) is 10.6 Å². The van der Waals surface area contributed by atoms with Gasteiger partial charge < -0.3 is 24.8 Å². The quantitative estimate of drug-likeness (QED) is 0.318. The highest BCUT2D eigenvalue weighted by Gasteiger charge is 2.51. The Labute approximate surface area is 187 Å². The molecule has 0 heterocycles. The van der Waals surface area contributed by atoms with Crippen LogP contribution in [0.5, 0.6) is 0 Å². The van der Waals surface area contributed by atoms with Crippen molar-refractivity contribution in [1.29, 1.82) is 0 Å². The maximum absolute atomic E-state index is 12.4. The van der Waals surface area contributed by atoms with Crippen molar-refractivity contribution < 1.29 is 23.8 Å². The fourth-order valence-corrected chi connectivity index (χ4v) is 6.23. The molecule has 1 unspecified atom stereocenters. The van der Waals surface area contributed by atoms with Crippen LogP contribution in [0.3, 0.4) is 0 Å². The van der Waals surface area contributed by atoms with Gasteiger partial charge in [0.05, 0.1) is 7.11 Å². The Morgan fingerprint density at radius 3 is 2.19 bits per heavy atom. The van der Waals surface area contributed by atoms with Crippen molar-refractivity contribution >= 4 is 12.0 Å². The van der Waals surface area contributed by atoms with Gasteiger partial charge in [-0.15, -0.1) is 0 Å². The molecule has 7 heteroatoms. The zero-order valence-electron chi connectivity index (χ0n) is 19.5. The average Bonchev–Trinajstić information content (AvgIpc) is 2.72. The van der Waals surface area contributed by atoms with Crippen LogP contribution in [0.4, 0.5) is 4.79 Å². The summed E-state index contributed by atoms with van der Waals surface area (Å²) < 4.78 is 15.8. The van der Waals surface area contributed by atoms with Crippen LogP contribution in [-0.4, -0.2) is 57.1 Å². The lowest BCUT2D eigenvalue weighted by molar-refractivity contribution is -0.154. The van der Waals surface area contributed by atoms with E-state index in [9.17, 15) is 9.59 Å². The van der Waals surface area contributed by atoms with E-state index >= 15 is 0 Å². The molecule has 0 saturated heterocycles. The van der Waals surface area contributed by atoms with E-state index in [-0.39, 0.29) is 17.5 Å². The Morgan fingerprint density at radius 1 is 0.935 bits per heavy atom. The molecular weight excluding hydrogens is 396 g/mol. The highest BCUT2D eigenvalue weighted by atomic mass is 16.6. The van der Waals surface area contributed by atoms with Gasteiger partial charge in [-0.25, -0.2) is 9.59 Å². The Morgan fingerprint density at radius 2 is 1.58 bits per heavy atom. The third kappa shape index (κ3) is 7.35. The molecule has 0 aromatic heterocycles. The van der Waals surface area contributed by atoms with Gasteiger partial charge in [-0.05, 0) is 88.4 Å². The summed E-state index contributed by atoms with van der Waals surface area (Å²) in [6.07, 6.45) is 11.6. The van der Waals surface area contributed by atoms with Crippen LogP contribution in [0, 0.1) is 17.8 Å². The van der Waals surface area contributed by atoms with Gasteiger partial charge in [0.15, 0.2) is 6.10 Å². The van der Waals surface area contributed by atoms with Crippen LogP contribution in [0.25, 0.3) is 0 Å². The van der Waals surface area contributed by atoms with Crippen molar-refractivity contribution in [3.05, 3.63) is 0 Å². The van der Waals surface area contributed by atoms with Gasteiger partial charge >= 0.3 is 12.0 Å². The topological polar surface area (TPSA) is 85.9 Å². The smallest absolute Gasteiger partial charge is 0.334 e. The second kappa shape index (κ2) is 12.0. The Kier molecular flexibility index (Phi) is 9.45. The number of nitrogens with one attached hydrogen (secondary N) is 2. The third-order valence-electron chi connectivity index (χ3n) is 7.25. The van der Waals surface area contributed by atoms with E-state index in [1.807, 2.05) is 6.92 Å². The molecule has 4 aliphatic carbocycles. The van der Waals surface area contributed by atoms with E-state index in [0.29, 0.717) is 26.2 Å². The predicted molar refractivity (Wildman–Crippen MR) is 119 cm³/mol. The van der Waals surface area contributed by atoms with Gasteiger partial charge in [-0.3, -0.25) is 0 Å². The summed E-state index contributed by atoms with van der Waals surface area (Å²) in [4.78, 5) is 23.8. The van der Waals surface area contributed by atoms with Crippen LogP contribution in [0.15, 0.2) is 0 Å². The largest absolute Gasteiger partial charge is 0.467 e. The summed E-state index contributed by atoms with van der Waals surface area (Å²) in [5.74, 6) is 2.22. The molecule has 4 rings (SSSR count). The van der Waals surface area contributed by atoms with Gasteiger partial charge in [0.1, 0.15) is 0 Å². The molecule has 7 nitrogen and oxygen atoms in total. The second-order valence-corrected chi connectivity index (χ2v) is 9.90. The van der Waals surface area contributed by atoms with E-state index in [0.717, 1.165) is 50.0 Å². The summed E-state index contributed by atoms with van der Waals surface area (Å²) in [6.45, 7) is 4.46. The fourth-order valence-electron chi connectivity index (χ4n) is 6.23. The summed E-state index contributed by atoms with van der Waals surface area (Å²) in [7, 11) is 1.38. The molecule has 1 atom stereocenters. The molecular formula is C24H42N2O5. The molecule has 4 saturated carbocycles. The number of hydrogen-bond acceptors (Lipinski definition) is 5. The normalized spacial score (nSPS) is 29.5. The molecule has 4 fully saturated rings. The number of amides is 2. The highest BCUT2D eigenvalue weighted by Crippen LogP contribution is 2.55. The van der Waals surface area contributed by atoms with Crippen LogP contribution in [0.2, 0.25) is 0 Å². The second-order valence-electron chi connectivity index (χ2n) is 9.90. The first kappa shape index (κ1) is 24.3. The number of rotatable bonds is 14. The number of unbranched alkanes of at least 4 members (excludes halogenated alkanes) is 2. The summed E-state index contributed by atoms with van der Waals surface area (Å²) in [6, 6.07) is 0.0236. The maximum atomic E-state index is 12.4. The number of carbonyl (C=O) groups excluding carboxylic acids is 2. The first-order valence-corrected chi connectivity index (χ1v) is 12.4. The molecule has 0 radical (unpaired) electrons. The van der Waals surface area contributed by atoms with Crippen LogP contribution >= 0.6 is 0 Å². The van der Waals surface area contributed by atoms with Crippen LogP contribution < -0.4 is 10.6 Å². The summed E-state index contributed by atoms with van der Waals surface area (Å²) in [5, 5.41) is 6.42. The van der Waals surface area contributed by atoms with E-state index in [4.69, 9.17) is 14.2 Å². The van der Waals surface area contributed by atoms with E-state index < -0.39 is 6.10 Å². The Hall–Kier alpha value is -1.34. The third-order valence-corrected chi connectivity index (χ3v) is 7.25. The van der Waals surface area contributed by atoms with Gasteiger partial charge in [0, 0.05) is 31.9 Å². The van der Waals surface area contributed by atoms with Gasteiger partial charge in [0.2, 0.25) is 0 Å². The number of carbonyl (C=O) groups is 2. The molecule has 31 heavy (non-hydrogen) atoms. The van der Waals surface area contributed by atoms with E-state index in [2.05, 4.69) is 10.6 Å². The summed E-state index contributed by atoms with van der Waals surface area (Å²) >= 11 is 0. The molecule has 4 aliphatic rings. The number of methoxy groups -OCH3 is 1. The van der Waals surface area contributed by atoms with Crippen LogP contribution in [-0.2, 0) is 19.0 Å². The Bertz CT molecular complexity index is 547. The minimum Gasteiger partial charge on any atom is -0.467 e. The molecule has 0 spiro atoms. The minimum atomic E-state index is -0.474. The molecule has 0 aliphatic heterocycles. The molecule has 0 aromatic carbocycles. The molecule has 2 amide bonds. The zero-order valence-corrected chi connectivity index (χ0v) is 19.5. The van der Waals surface area contributed by atoms with Gasteiger partial charge in [-0.2, -0.15) is 0 Å². The number of esters is 1. The highest BCUT2D eigenvalue weighted by molar-refractivity contribution is 5.75. The summed E-state index contributed by atoms with van der Waals surface area (Å²) in [5.41, 5.74) is 0.0877. The SMILES string of the molecule is CCC(OCCCOCCCCCNC(=O)NC12CC3CC(CC(C3)C1)C2)C(=O)OC. The van der Waals surface area contributed by atoms with E-state index in [1.54, 1.807) is 0 Å². The first-order chi connectivity index (χ1) is 15.0. The monoisotopic (exact) mass is 438 g/mol. The lowest BCUT2D eigenvalue weighted by atomic mass is 9.53.